The Bertz CT molecular complexity index is 280. The van der Waals surface area contributed by atoms with Gasteiger partial charge in [-0.3, -0.25) is 9.59 Å². The summed E-state index contributed by atoms with van der Waals surface area (Å²) in [5, 5.41) is 5.22. The smallest absolute Gasteiger partial charge is 0.239 e. The molecule has 0 bridgehead atoms. The lowest BCUT2D eigenvalue weighted by atomic mass is 10.1. The van der Waals surface area contributed by atoms with E-state index >= 15 is 0 Å². The van der Waals surface area contributed by atoms with E-state index in [2.05, 4.69) is 10.6 Å². The highest BCUT2D eigenvalue weighted by Gasteiger charge is 2.17. The van der Waals surface area contributed by atoms with Crippen molar-refractivity contribution < 1.29 is 14.3 Å². The Morgan fingerprint density at radius 3 is 2.32 bits per heavy atom. The van der Waals surface area contributed by atoms with Crippen molar-refractivity contribution >= 4 is 11.8 Å². The number of amides is 2. The molecule has 4 N–H and O–H groups in total. The highest BCUT2D eigenvalue weighted by Crippen LogP contribution is 1.97. The van der Waals surface area contributed by atoms with Gasteiger partial charge < -0.3 is 21.1 Å². The fourth-order valence-corrected chi connectivity index (χ4v) is 1.27. The van der Waals surface area contributed by atoms with Crippen LogP contribution in [0.15, 0.2) is 0 Å². The lowest BCUT2D eigenvalue weighted by Crippen LogP contribution is -2.47. The third kappa shape index (κ3) is 9.44. The van der Waals surface area contributed by atoms with Crippen molar-refractivity contribution in [1.82, 2.24) is 10.6 Å². The topological polar surface area (TPSA) is 93.5 Å². The Morgan fingerprint density at radius 2 is 1.79 bits per heavy atom. The average molecular weight is 273 g/mol. The fraction of sp³-hybridized carbons (Fsp3) is 0.846. The Balaban J connectivity index is 3.62. The van der Waals surface area contributed by atoms with Crippen molar-refractivity contribution in [3.63, 3.8) is 0 Å². The second-order valence-electron chi connectivity index (χ2n) is 5.11. The highest BCUT2D eigenvalue weighted by molar-refractivity contribution is 5.87. The summed E-state index contributed by atoms with van der Waals surface area (Å²) in [6.07, 6.45) is 0.955. The van der Waals surface area contributed by atoms with Gasteiger partial charge in [-0.15, -0.1) is 0 Å². The van der Waals surface area contributed by atoms with Gasteiger partial charge in [0.2, 0.25) is 11.8 Å². The summed E-state index contributed by atoms with van der Waals surface area (Å²) >= 11 is 0. The van der Waals surface area contributed by atoms with Crippen LogP contribution in [0.2, 0.25) is 0 Å². The second kappa shape index (κ2) is 9.75. The summed E-state index contributed by atoms with van der Waals surface area (Å²) in [5.41, 5.74) is 5.65. The summed E-state index contributed by atoms with van der Waals surface area (Å²) in [7, 11) is 0. The number of nitrogens with one attached hydrogen (secondary N) is 2. The molecule has 0 saturated carbocycles. The van der Waals surface area contributed by atoms with Crippen molar-refractivity contribution in [3.05, 3.63) is 0 Å². The quantitative estimate of drug-likeness (QED) is 0.516. The minimum Gasteiger partial charge on any atom is -0.379 e. The van der Waals surface area contributed by atoms with Gasteiger partial charge in [-0.05, 0) is 26.2 Å². The lowest BCUT2D eigenvalue weighted by Gasteiger charge is -2.15. The van der Waals surface area contributed by atoms with Crippen molar-refractivity contribution in [2.24, 2.45) is 11.7 Å². The standard InChI is InChI=1S/C13H27N3O3/c1-9(2)12(14)13(18)16-8-11(17)15-6-5-7-19-10(3)4/h9-10,12H,5-8,14H2,1-4H3,(H,15,17)(H,16,18)/t12-/m0/s1. The molecule has 2 amide bonds. The third-order valence-electron chi connectivity index (χ3n) is 2.54. The van der Waals surface area contributed by atoms with Crippen LogP contribution in [0.3, 0.4) is 0 Å². The van der Waals surface area contributed by atoms with E-state index in [9.17, 15) is 9.59 Å². The second-order valence-corrected chi connectivity index (χ2v) is 5.11. The molecular weight excluding hydrogens is 246 g/mol. The van der Waals surface area contributed by atoms with Crippen molar-refractivity contribution in [2.45, 2.75) is 46.3 Å². The lowest BCUT2D eigenvalue weighted by molar-refractivity contribution is -0.127. The molecule has 0 spiro atoms. The zero-order chi connectivity index (χ0) is 14.8. The van der Waals surface area contributed by atoms with Crippen molar-refractivity contribution in [3.8, 4) is 0 Å². The van der Waals surface area contributed by atoms with E-state index in [1.807, 2.05) is 27.7 Å². The minimum absolute atomic E-state index is 0.0374. The Labute approximate surface area is 115 Å². The normalized spacial score (nSPS) is 12.6. The number of nitrogens with two attached hydrogens (primary N) is 1. The molecule has 0 saturated heterocycles. The number of hydrogen-bond donors (Lipinski definition) is 3. The Morgan fingerprint density at radius 1 is 1.16 bits per heavy atom. The molecule has 0 radical (unpaired) electrons. The summed E-state index contributed by atoms with van der Waals surface area (Å²) in [4.78, 5) is 22.9. The first-order valence-electron chi connectivity index (χ1n) is 6.76. The first kappa shape index (κ1) is 17.9. The Kier molecular flexibility index (Phi) is 9.16. The number of rotatable bonds is 9. The monoisotopic (exact) mass is 273 g/mol. The molecule has 6 heteroatoms. The molecular formula is C13H27N3O3. The van der Waals surface area contributed by atoms with Gasteiger partial charge >= 0.3 is 0 Å². The Hall–Kier alpha value is -1.14. The molecule has 6 nitrogen and oxygen atoms in total. The van der Waals surface area contributed by atoms with Gasteiger partial charge in [0.1, 0.15) is 0 Å². The van der Waals surface area contributed by atoms with Gasteiger partial charge in [-0.2, -0.15) is 0 Å². The summed E-state index contributed by atoms with van der Waals surface area (Å²) < 4.78 is 5.34. The van der Waals surface area contributed by atoms with Gasteiger partial charge in [0.05, 0.1) is 18.7 Å². The molecule has 0 unspecified atom stereocenters. The molecule has 1 atom stereocenters. The van der Waals surface area contributed by atoms with Gasteiger partial charge in [0, 0.05) is 13.2 Å². The highest BCUT2D eigenvalue weighted by atomic mass is 16.5. The first-order chi connectivity index (χ1) is 8.84. The van der Waals surface area contributed by atoms with Crippen LogP contribution >= 0.6 is 0 Å². The largest absolute Gasteiger partial charge is 0.379 e. The van der Waals surface area contributed by atoms with Crippen LogP contribution in [-0.4, -0.2) is 43.7 Å². The summed E-state index contributed by atoms with van der Waals surface area (Å²) in [6.45, 7) is 8.76. The van der Waals surface area contributed by atoms with Gasteiger partial charge in [0.25, 0.3) is 0 Å². The van der Waals surface area contributed by atoms with Crippen LogP contribution in [-0.2, 0) is 14.3 Å². The summed E-state index contributed by atoms with van der Waals surface area (Å²) in [5.74, 6) is -0.460. The molecule has 0 aliphatic carbocycles. The van der Waals surface area contributed by atoms with Gasteiger partial charge in [-0.25, -0.2) is 0 Å². The molecule has 19 heavy (non-hydrogen) atoms. The van der Waals surface area contributed by atoms with E-state index in [-0.39, 0.29) is 30.4 Å². The molecule has 0 rings (SSSR count). The molecule has 0 fully saturated rings. The number of carbonyl (C=O) groups excluding carboxylic acids is 2. The number of hydrogen-bond acceptors (Lipinski definition) is 4. The van der Waals surface area contributed by atoms with Gasteiger partial charge in [0.15, 0.2) is 0 Å². The summed E-state index contributed by atoms with van der Waals surface area (Å²) in [6, 6.07) is -0.577. The van der Waals surface area contributed by atoms with E-state index < -0.39 is 6.04 Å². The maximum Gasteiger partial charge on any atom is 0.239 e. The molecule has 0 aromatic rings. The van der Waals surface area contributed by atoms with E-state index in [0.29, 0.717) is 13.2 Å². The maximum absolute atomic E-state index is 11.5. The van der Waals surface area contributed by atoms with E-state index in [1.165, 1.54) is 0 Å². The van der Waals surface area contributed by atoms with E-state index in [1.54, 1.807) is 0 Å². The predicted molar refractivity (Wildman–Crippen MR) is 74.5 cm³/mol. The van der Waals surface area contributed by atoms with E-state index in [4.69, 9.17) is 10.5 Å². The van der Waals surface area contributed by atoms with Crippen LogP contribution in [0.1, 0.15) is 34.1 Å². The van der Waals surface area contributed by atoms with Crippen molar-refractivity contribution in [2.75, 3.05) is 19.7 Å². The SMILES string of the molecule is CC(C)OCCCNC(=O)CNC(=O)[C@@H](N)C(C)C. The van der Waals surface area contributed by atoms with Crippen LogP contribution in [0.4, 0.5) is 0 Å². The maximum atomic E-state index is 11.5. The third-order valence-corrected chi connectivity index (χ3v) is 2.54. The van der Waals surface area contributed by atoms with Crippen LogP contribution in [0.5, 0.6) is 0 Å². The molecule has 0 aromatic heterocycles. The van der Waals surface area contributed by atoms with Gasteiger partial charge in [-0.1, -0.05) is 13.8 Å². The van der Waals surface area contributed by atoms with Crippen LogP contribution < -0.4 is 16.4 Å². The molecule has 0 aliphatic rings. The van der Waals surface area contributed by atoms with Crippen molar-refractivity contribution in [1.29, 1.82) is 0 Å². The zero-order valence-electron chi connectivity index (χ0n) is 12.4. The fourth-order valence-electron chi connectivity index (χ4n) is 1.27. The minimum atomic E-state index is -0.577. The first-order valence-corrected chi connectivity index (χ1v) is 6.76. The van der Waals surface area contributed by atoms with Crippen LogP contribution in [0.25, 0.3) is 0 Å². The van der Waals surface area contributed by atoms with E-state index in [0.717, 1.165) is 6.42 Å². The number of ether oxygens (including phenoxy) is 1. The zero-order valence-corrected chi connectivity index (χ0v) is 12.4. The number of carbonyl (C=O) groups is 2. The molecule has 0 aliphatic heterocycles. The molecule has 0 aromatic carbocycles. The predicted octanol–water partition coefficient (Wildman–Crippen LogP) is 0.0172. The average Bonchev–Trinajstić information content (AvgIpc) is 2.33. The molecule has 112 valence electrons. The molecule has 0 heterocycles. The van der Waals surface area contributed by atoms with Crippen LogP contribution in [0, 0.1) is 5.92 Å².